The molecular formula is C36H42Cl2N6O3. The number of allylic oxidation sites excluding steroid dienone is 3. The predicted octanol–water partition coefficient (Wildman–Crippen LogP) is 6.24. The minimum Gasteiger partial charge on any atom is -0.493 e. The van der Waals surface area contributed by atoms with Gasteiger partial charge in [0.15, 0.2) is 0 Å². The number of ether oxygens (including phenoxy) is 1. The molecule has 2 aromatic carbocycles. The van der Waals surface area contributed by atoms with Crippen molar-refractivity contribution in [3.05, 3.63) is 87.4 Å². The summed E-state index contributed by atoms with van der Waals surface area (Å²) in [6.45, 7) is 8.46. The van der Waals surface area contributed by atoms with E-state index in [-0.39, 0.29) is 23.9 Å². The Morgan fingerprint density at radius 1 is 1.09 bits per heavy atom. The molecule has 1 fully saturated rings. The van der Waals surface area contributed by atoms with Crippen molar-refractivity contribution >= 4 is 41.0 Å². The maximum Gasteiger partial charge on any atom is 0.326 e. The highest BCUT2D eigenvalue weighted by Crippen LogP contribution is 2.43. The topological polar surface area (TPSA) is 92.5 Å². The van der Waals surface area contributed by atoms with E-state index in [9.17, 15) is 14.9 Å². The van der Waals surface area contributed by atoms with Crippen molar-refractivity contribution in [1.29, 1.82) is 5.26 Å². The van der Waals surface area contributed by atoms with E-state index in [1.165, 1.54) is 0 Å². The Balaban J connectivity index is 1.59. The van der Waals surface area contributed by atoms with Gasteiger partial charge in [-0.25, -0.2) is 4.79 Å². The zero-order chi connectivity index (χ0) is 33.9. The quantitative estimate of drug-likeness (QED) is 0.330. The molecule has 0 N–H and O–H groups in total. The molecule has 0 radical (unpaired) electrons. The summed E-state index contributed by atoms with van der Waals surface area (Å²) < 4.78 is 6.18. The lowest BCUT2D eigenvalue weighted by molar-refractivity contribution is -0.130. The number of carbonyl (C=O) groups excluding carboxylic acids is 2. The van der Waals surface area contributed by atoms with Crippen LogP contribution in [0.25, 0.3) is 0 Å². The third-order valence-electron chi connectivity index (χ3n) is 9.07. The number of benzene rings is 2. The summed E-state index contributed by atoms with van der Waals surface area (Å²) in [6, 6.07) is 14.8. The third-order valence-corrected chi connectivity index (χ3v) is 9.60. The molecule has 248 valence electrons. The molecule has 0 bridgehead atoms. The average molecular weight is 678 g/mol. The summed E-state index contributed by atoms with van der Waals surface area (Å²) in [4.78, 5) is 39.9. The lowest BCUT2D eigenvalue weighted by Crippen LogP contribution is -2.55. The van der Waals surface area contributed by atoms with Crippen LogP contribution in [0.15, 0.2) is 70.7 Å². The summed E-state index contributed by atoms with van der Waals surface area (Å²) in [7, 11) is 3.50. The van der Waals surface area contributed by atoms with Crippen molar-refractivity contribution in [2.75, 3.05) is 53.4 Å². The van der Waals surface area contributed by atoms with Gasteiger partial charge in [-0.1, -0.05) is 53.6 Å². The molecule has 2 aromatic rings. The van der Waals surface area contributed by atoms with E-state index in [2.05, 4.69) is 17.0 Å². The van der Waals surface area contributed by atoms with Crippen LogP contribution in [0.2, 0.25) is 5.02 Å². The molecule has 0 aromatic heterocycles. The number of aliphatic imine (C=N–C) groups is 1. The highest BCUT2D eigenvalue weighted by Gasteiger charge is 2.46. The summed E-state index contributed by atoms with van der Waals surface area (Å²) in [5.41, 5.74) is 1.67. The summed E-state index contributed by atoms with van der Waals surface area (Å²) in [5.74, 6) is 1.09. The van der Waals surface area contributed by atoms with Gasteiger partial charge < -0.3 is 14.5 Å². The van der Waals surface area contributed by atoms with Crippen molar-refractivity contribution < 1.29 is 14.3 Å². The maximum atomic E-state index is 14.8. The van der Waals surface area contributed by atoms with Crippen molar-refractivity contribution in [2.24, 2.45) is 10.9 Å². The molecule has 2 aliphatic heterocycles. The number of amides is 3. The number of rotatable bonds is 8. The minimum atomic E-state index is -0.738. The van der Waals surface area contributed by atoms with Crippen LogP contribution in [0.3, 0.4) is 0 Å². The fourth-order valence-electron chi connectivity index (χ4n) is 6.19. The van der Waals surface area contributed by atoms with E-state index < -0.39 is 11.5 Å². The van der Waals surface area contributed by atoms with E-state index in [1.54, 1.807) is 19.0 Å². The van der Waals surface area contributed by atoms with E-state index >= 15 is 0 Å². The van der Waals surface area contributed by atoms with E-state index in [0.717, 1.165) is 11.1 Å². The fourth-order valence-corrected chi connectivity index (χ4v) is 6.47. The number of likely N-dealkylation sites (N-methyl/N-ethyl adjacent to an activating group) is 1. The normalized spacial score (nSPS) is 21.6. The van der Waals surface area contributed by atoms with Gasteiger partial charge in [0, 0.05) is 56.2 Å². The van der Waals surface area contributed by atoms with Gasteiger partial charge in [-0.15, -0.1) is 0 Å². The third kappa shape index (κ3) is 7.51. The van der Waals surface area contributed by atoms with Gasteiger partial charge in [-0.2, -0.15) is 5.26 Å². The molecule has 47 heavy (non-hydrogen) atoms. The van der Waals surface area contributed by atoms with Gasteiger partial charge in [-0.05, 0) is 68.7 Å². The predicted molar refractivity (Wildman–Crippen MR) is 186 cm³/mol. The largest absolute Gasteiger partial charge is 0.493 e. The number of hydrogen-bond donors (Lipinski definition) is 0. The Hall–Kier alpha value is -3.84. The Bertz CT molecular complexity index is 1620. The molecule has 3 aliphatic rings. The smallest absolute Gasteiger partial charge is 0.326 e. The van der Waals surface area contributed by atoms with Gasteiger partial charge in [-0.3, -0.25) is 19.6 Å². The highest BCUT2D eigenvalue weighted by molar-refractivity contribution is 6.31. The van der Waals surface area contributed by atoms with E-state index in [0.29, 0.717) is 73.0 Å². The minimum absolute atomic E-state index is 0.0211. The fraction of sp³-hybridized carbons (Fsp3) is 0.444. The Labute approximate surface area is 287 Å². The van der Waals surface area contributed by atoms with Crippen molar-refractivity contribution in [3.63, 3.8) is 0 Å². The number of urea groups is 1. The Kier molecular flexibility index (Phi) is 10.6. The first-order chi connectivity index (χ1) is 22.4. The number of hydrogen-bond acceptors (Lipinski definition) is 6. The van der Waals surface area contributed by atoms with Crippen LogP contribution in [-0.2, 0) is 10.2 Å². The molecule has 0 spiro atoms. The average Bonchev–Trinajstić information content (AvgIpc) is 3.45. The molecule has 11 heteroatoms. The van der Waals surface area contributed by atoms with Gasteiger partial charge >= 0.3 is 6.03 Å². The molecule has 2 heterocycles. The molecule has 3 atom stereocenters. The van der Waals surface area contributed by atoms with Gasteiger partial charge in [0.25, 0.3) is 0 Å². The first kappa shape index (κ1) is 34.5. The maximum absolute atomic E-state index is 14.8. The number of nitriles is 1. The SMILES string of the molecule is CCOc1cc(C(C)(C)C#N)ccc1C1=N[C@@H](C2C=CC(Cl)=CC2)[C@@H](c2ccc(Cl)cc2)N1C(=O)N1CCN(CC(=O)N(C)C)CC1. The highest BCUT2D eigenvalue weighted by atomic mass is 35.5. The second-order valence-corrected chi connectivity index (χ2v) is 13.7. The van der Waals surface area contributed by atoms with Crippen LogP contribution < -0.4 is 4.74 Å². The van der Waals surface area contributed by atoms with Crippen LogP contribution in [0, 0.1) is 17.2 Å². The summed E-state index contributed by atoms with van der Waals surface area (Å²) in [5, 5.41) is 11.1. The van der Waals surface area contributed by atoms with Gasteiger partial charge in [0.2, 0.25) is 5.91 Å². The van der Waals surface area contributed by atoms with Crippen molar-refractivity contribution in [3.8, 4) is 11.8 Å². The lowest BCUT2D eigenvalue weighted by Gasteiger charge is -2.39. The first-order valence-electron chi connectivity index (χ1n) is 16.0. The van der Waals surface area contributed by atoms with E-state index in [1.807, 2.05) is 85.2 Å². The lowest BCUT2D eigenvalue weighted by atomic mass is 9.85. The monoisotopic (exact) mass is 676 g/mol. The van der Waals surface area contributed by atoms with Gasteiger partial charge in [0.05, 0.1) is 42.3 Å². The summed E-state index contributed by atoms with van der Waals surface area (Å²) >= 11 is 12.7. The van der Waals surface area contributed by atoms with Gasteiger partial charge in [0.1, 0.15) is 11.6 Å². The second-order valence-electron chi connectivity index (χ2n) is 12.9. The standard InChI is InChI=1S/C36H42Cl2N6O3/c1-6-47-30-21-26(36(2,3)23-39)11-16-29(30)34-40-32(24-7-12-27(37)13-8-24)33(25-9-14-28(38)15-10-25)44(34)35(46)43-19-17-42(18-20-43)22-31(45)41(4)5/h7,9-16,21,24,32-33H,6,8,17-20,22H2,1-5H3/t24?,32-,33+/m0/s1. The number of halogens is 2. The zero-order valence-electron chi connectivity index (χ0n) is 27.6. The number of piperazine rings is 1. The molecule has 0 saturated carbocycles. The van der Waals surface area contributed by atoms with Crippen molar-refractivity contribution in [1.82, 2.24) is 19.6 Å². The number of carbonyl (C=O) groups is 2. The molecule has 5 rings (SSSR count). The summed E-state index contributed by atoms with van der Waals surface area (Å²) in [6.07, 6.45) is 6.64. The second kappa shape index (κ2) is 14.5. The van der Waals surface area contributed by atoms with Crippen LogP contribution in [0.5, 0.6) is 5.75 Å². The van der Waals surface area contributed by atoms with Crippen LogP contribution in [0.1, 0.15) is 49.9 Å². The molecule has 3 amide bonds. The molecule has 1 aliphatic carbocycles. The van der Waals surface area contributed by atoms with Crippen molar-refractivity contribution in [2.45, 2.75) is 44.7 Å². The first-order valence-corrected chi connectivity index (χ1v) is 16.8. The molecular weight excluding hydrogens is 635 g/mol. The van der Waals surface area contributed by atoms with Crippen LogP contribution in [-0.4, -0.2) is 96.8 Å². The molecule has 1 saturated heterocycles. The zero-order valence-corrected chi connectivity index (χ0v) is 29.1. The number of amidine groups is 1. The number of nitrogens with zero attached hydrogens (tertiary/aromatic N) is 6. The Morgan fingerprint density at radius 2 is 1.79 bits per heavy atom. The van der Waals surface area contributed by atoms with Crippen LogP contribution in [0.4, 0.5) is 4.79 Å². The van der Waals surface area contributed by atoms with E-state index in [4.69, 9.17) is 32.9 Å². The molecule has 9 nitrogen and oxygen atoms in total. The molecule has 1 unspecified atom stereocenters. The van der Waals surface area contributed by atoms with Crippen LogP contribution >= 0.6 is 23.2 Å². The Morgan fingerprint density at radius 3 is 2.38 bits per heavy atom.